The van der Waals surface area contributed by atoms with Crippen molar-refractivity contribution in [2.24, 2.45) is 0 Å². The largest absolute Gasteiger partial charge is 0.361 e. The molecule has 0 aliphatic rings. The van der Waals surface area contributed by atoms with Gasteiger partial charge in [0.15, 0.2) is 5.82 Å². The Labute approximate surface area is 158 Å². The van der Waals surface area contributed by atoms with E-state index in [1.54, 1.807) is 59.2 Å². The van der Waals surface area contributed by atoms with Crippen LogP contribution < -0.4 is 14.5 Å². The molecule has 142 valence electrons. The van der Waals surface area contributed by atoms with Crippen molar-refractivity contribution in [1.82, 2.24) is 19.7 Å². The zero-order chi connectivity index (χ0) is 19.6. The van der Waals surface area contributed by atoms with Crippen molar-refractivity contribution in [3.05, 3.63) is 48.9 Å². The predicted octanol–water partition coefficient (Wildman–Crippen LogP) is 1.60. The van der Waals surface area contributed by atoms with E-state index >= 15 is 0 Å². The first-order valence-electron chi connectivity index (χ1n) is 8.12. The first kappa shape index (κ1) is 18.6. The van der Waals surface area contributed by atoms with Gasteiger partial charge < -0.3 is 9.80 Å². The van der Waals surface area contributed by atoms with Gasteiger partial charge in [0.25, 0.3) is 10.0 Å². The summed E-state index contributed by atoms with van der Waals surface area (Å²) in [6.07, 6.45) is 4.91. The molecular formula is C17H21N7O2S. The molecule has 0 unspecified atom stereocenters. The van der Waals surface area contributed by atoms with Crippen molar-refractivity contribution in [2.75, 3.05) is 42.7 Å². The maximum Gasteiger partial charge on any atom is 0.262 e. The van der Waals surface area contributed by atoms with E-state index in [0.29, 0.717) is 17.5 Å². The van der Waals surface area contributed by atoms with Crippen LogP contribution in [0.25, 0.3) is 5.69 Å². The standard InChI is InChI=1S/C17H21N7O2S/c1-22(2)16-15(12-18-17(20-16)23(3)4)21-27(25,26)14-8-6-13(7-9-14)24-11-5-10-19-24/h5-12,21H,1-4H3. The van der Waals surface area contributed by atoms with Crippen molar-refractivity contribution in [3.8, 4) is 5.69 Å². The Bertz CT molecular complexity index is 1010. The Morgan fingerprint density at radius 1 is 1.04 bits per heavy atom. The van der Waals surface area contributed by atoms with Crippen LogP contribution in [-0.2, 0) is 10.0 Å². The summed E-state index contributed by atoms with van der Waals surface area (Å²) in [6, 6.07) is 8.25. The van der Waals surface area contributed by atoms with Gasteiger partial charge in [-0.3, -0.25) is 4.72 Å². The summed E-state index contributed by atoms with van der Waals surface area (Å²) < 4.78 is 29.8. The third-order valence-electron chi connectivity index (χ3n) is 3.74. The Morgan fingerprint density at radius 2 is 1.74 bits per heavy atom. The maximum atomic E-state index is 12.8. The molecule has 1 aromatic carbocycles. The Kier molecular flexibility index (Phi) is 5.00. The van der Waals surface area contributed by atoms with Crippen LogP contribution in [0.3, 0.4) is 0 Å². The molecule has 0 amide bonds. The smallest absolute Gasteiger partial charge is 0.262 e. The second-order valence-corrected chi connectivity index (χ2v) is 7.93. The van der Waals surface area contributed by atoms with Crippen molar-refractivity contribution in [2.45, 2.75) is 4.90 Å². The minimum absolute atomic E-state index is 0.139. The third kappa shape index (κ3) is 4.00. The van der Waals surface area contributed by atoms with Crippen molar-refractivity contribution in [3.63, 3.8) is 0 Å². The summed E-state index contributed by atoms with van der Waals surface area (Å²) in [5, 5.41) is 4.13. The molecule has 0 bridgehead atoms. The Morgan fingerprint density at radius 3 is 2.30 bits per heavy atom. The second-order valence-electron chi connectivity index (χ2n) is 6.25. The van der Waals surface area contributed by atoms with Crippen LogP contribution in [0.2, 0.25) is 0 Å². The Balaban J connectivity index is 1.90. The van der Waals surface area contributed by atoms with E-state index in [2.05, 4.69) is 19.8 Å². The Hall–Kier alpha value is -3.14. The van der Waals surface area contributed by atoms with Crippen LogP contribution in [0.1, 0.15) is 0 Å². The van der Waals surface area contributed by atoms with E-state index < -0.39 is 10.0 Å². The molecule has 2 aromatic heterocycles. The van der Waals surface area contributed by atoms with Gasteiger partial charge in [-0.05, 0) is 30.3 Å². The molecule has 10 heteroatoms. The summed E-state index contributed by atoms with van der Waals surface area (Å²) in [5.41, 5.74) is 1.08. The normalized spacial score (nSPS) is 11.3. The number of nitrogens with one attached hydrogen (secondary N) is 1. The van der Waals surface area contributed by atoms with Gasteiger partial charge in [-0.2, -0.15) is 10.1 Å². The fourth-order valence-electron chi connectivity index (χ4n) is 2.40. The fraction of sp³-hybridized carbons (Fsp3) is 0.235. The van der Waals surface area contributed by atoms with Crippen molar-refractivity contribution in [1.29, 1.82) is 0 Å². The zero-order valence-corrected chi connectivity index (χ0v) is 16.3. The first-order valence-corrected chi connectivity index (χ1v) is 9.61. The third-order valence-corrected chi connectivity index (χ3v) is 5.12. The van der Waals surface area contributed by atoms with Crippen molar-refractivity contribution >= 4 is 27.5 Å². The highest BCUT2D eigenvalue weighted by Crippen LogP contribution is 2.26. The number of benzene rings is 1. The molecule has 0 saturated heterocycles. The summed E-state index contributed by atoms with van der Waals surface area (Å²) in [6.45, 7) is 0. The van der Waals surface area contributed by atoms with E-state index in [4.69, 9.17) is 0 Å². The van der Waals surface area contributed by atoms with Gasteiger partial charge in [-0.1, -0.05) is 0 Å². The average Bonchev–Trinajstić information content (AvgIpc) is 3.16. The summed E-state index contributed by atoms with van der Waals surface area (Å²) in [7, 11) is 3.43. The minimum atomic E-state index is -3.79. The lowest BCUT2D eigenvalue weighted by molar-refractivity contribution is 0.601. The van der Waals surface area contributed by atoms with Crippen LogP contribution in [0, 0.1) is 0 Å². The van der Waals surface area contributed by atoms with Gasteiger partial charge >= 0.3 is 0 Å². The van der Waals surface area contributed by atoms with Crippen LogP contribution in [-0.4, -0.2) is 56.4 Å². The highest BCUT2D eigenvalue weighted by molar-refractivity contribution is 7.92. The highest BCUT2D eigenvalue weighted by Gasteiger charge is 2.19. The van der Waals surface area contributed by atoms with E-state index in [-0.39, 0.29) is 4.90 Å². The number of hydrogen-bond acceptors (Lipinski definition) is 7. The van der Waals surface area contributed by atoms with E-state index in [9.17, 15) is 8.42 Å². The van der Waals surface area contributed by atoms with E-state index in [0.717, 1.165) is 5.69 Å². The topological polar surface area (TPSA) is 96.2 Å². The van der Waals surface area contributed by atoms with E-state index in [1.165, 1.54) is 18.3 Å². The van der Waals surface area contributed by atoms with Crippen LogP contribution in [0.4, 0.5) is 17.5 Å². The average molecular weight is 387 g/mol. The summed E-state index contributed by atoms with van der Waals surface area (Å²) in [5.74, 6) is 0.968. The fourth-order valence-corrected chi connectivity index (χ4v) is 3.44. The molecule has 2 heterocycles. The van der Waals surface area contributed by atoms with Crippen molar-refractivity contribution < 1.29 is 8.42 Å². The predicted molar refractivity (Wildman–Crippen MR) is 105 cm³/mol. The number of aromatic nitrogens is 4. The lowest BCUT2D eigenvalue weighted by atomic mass is 10.3. The number of anilines is 3. The maximum absolute atomic E-state index is 12.8. The van der Waals surface area contributed by atoms with Crippen LogP contribution >= 0.6 is 0 Å². The van der Waals surface area contributed by atoms with E-state index in [1.807, 2.05) is 14.1 Å². The molecule has 0 aliphatic carbocycles. The molecule has 0 saturated carbocycles. The first-order chi connectivity index (χ1) is 12.8. The molecule has 0 aliphatic heterocycles. The highest BCUT2D eigenvalue weighted by atomic mass is 32.2. The molecule has 0 fully saturated rings. The monoisotopic (exact) mass is 387 g/mol. The summed E-state index contributed by atoms with van der Waals surface area (Å²) in [4.78, 5) is 12.2. The van der Waals surface area contributed by atoms with Gasteiger partial charge in [0.1, 0.15) is 5.69 Å². The lowest BCUT2D eigenvalue weighted by Crippen LogP contribution is -2.21. The molecule has 1 N–H and O–H groups in total. The molecule has 0 spiro atoms. The molecule has 0 atom stereocenters. The molecule has 3 rings (SSSR count). The van der Waals surface area contributed by atoms with Gasteiger partial charge in [0.2, 0.25) is 5.95 Å². The van der Waals surface area contributed by atoms with Crippen LogP contribution in [0.15, 0.2) is 53.8 Å². The van der Waals surface area contributed by atoms with Gasteiger partial charge in [0, 0.05) is 40.6 Å². The van der Waals surface area contributed by atoms with Gasteiger partial charge in [-0.25, -0.2) is 18.1 Å². The lowest BCUT2D eigenvalue weighted by Gasteiger charge is -2.19. The summed E-state index contributed by atoms with van der Waals surface area (Å²) >= 11 is 0. The molecule has 9 nitrogen and oxygen atoms in total. The number of sulfonamides is 1. The van der Waals surface area contributed by atoms with Crippen LogP contribution in [0.5, 0.6) is 0 Å². The molecule has 0 radical (unpaired) electrons. The number of hydrogen-bond donors (Lipinski definition) is 1. The molecule has 3 aromatic rings. The molecular weight excluding hydrogens is 366 g/mol. The molecule has 27 heavy (non-hydrogen) atoms. The zero-order valence-electron chi connectivity index (χ0n) is 15.5. The SMILES string of the molecule is CN(C)c1ncc(NS(=O)(=O)c2ccc(-n3cccn3)cc2)c(N(C)C)n1. The minimum Gasteiger partial charge on any atom is -0.361 e. The van der Waals surface area contributed by atoms with Gasteiger partial charge in [0.05, 0.1) is 16.8 Å². The quantitative estimate of drug-likeness (QED) is 0.686. The number of rotatable bonds is 6. The van der Waals surface area contributed by atoms with Gasteiger partial charge in [-0.15, -0.1) is 0 Å². The second kappa shape index (κ2) is 7.23. The number of nitrogens with zero attached hydrogens (tertiary/aromatic N) is 6.